The molecule has 0 rings (SSSR count). The molecular formula is C20H36O4. The van der Waals surface area contributed by atoms with Crippen LogP contribution in [-0.2, 0) is 9.59 Å². The fourth-order valence-corrected chi connectivity index (χ4v) is 2.88. The van der Waals surface area contributed by atoms with Crippen LogP contribution in [0.15, 0.2) is 12.2 Å². The van der Waals surface area contributed by atoms with Gasteiger partial charge in [-0.1, -0.05) is 83.8 Å². The Morgan fingerprint density at radius 3 is 1.83 bits per heavy atom. The van der Waals surface area contributed by atoms with Crippen LogP contribution in [0.5, 0.6) is 0 Å². The predicted octanol–water partition coefficient (Wildman–Crippen LogP) is 5.67. The van der Waals surface area contributed by atoms with Gasteiger partial charge in [0.05, 0.1) is 12.3 Å². The van der Waals surface area contributed by atoms with Crippen molar-refractivity contribution in [2.24, 2.45) is 11.8 Å². The van der Waals surface area contributed by atoms with E-state index in [0.717, 1.165) is 12.8 Å². The van der Waals surface area contributed by atoms with Crippen LogP contribution in [0.3, 0.4) is 0 Å². The van der Waals surface area contributed by atoms with Gasteiger partial charge in [0, 0.05) is 0 Å². The number of carboxylic acids is 2. The molecule has 24 heavy (non-hydrogen) atoms. The first-order valence-corrected chi connectivity index (χ1v) is 9.60. The Morgan fingerprint density at radius 2 is 1.38 bits per heavy atom. The third kappa shape index (κ3) is 13.1. The van der Waals surface area contributed by atoms with Crippen LogP contribution in [0, 0.1) is 11.8 Å². The average molecular weight is 341 g/mol. The summed E-state index contributed by atoms with van der Waals surface area (Å²) in [5.74, 6) is -3.18. The summed E-state index contributed by atoms with van der Waals surface area (Å²) in [4.78, 5) is 21.8. The van der Waals surface area contributed by atoms with Gasteiger partial charge in [0.15, 0.2) is 0 Å². The van der Waals surface area contributed by atoms with Crippen molar-refractivity contribution in [3.05, 3.63) is 12.2 Å². The van der Waals surface area contributed by atoms with E-state index < -0.39 is 17.9 Å². The zero-order valence-electron chi connectivity index (χ0n) is 15.5. The molecule has 0 heterocycles. The van der Waals surface area contributed by atoms with E-state index in [2.05, 4.69) is 6.92 Å². The van der Waals surface area contributed by atoms with Crippen LogP contribution in [0.2, 0.25) is 0 Å². The van der Waals surface area contributed by atoms with E-state index >= 15 is 0 Å². The van der Waals surface area contributed by atoms with E-state index in [1.54, 1.807) is 6.92 Å². The van der Waals surface area contributed by atoms with Crippen molar-refractivity contribution in [1.29, 1.82) is 0 Å². The largest absolute Gasteiger partial charge is 0.481 e. The summed E-state index contributed by atoms with van der Waals surface area (Å²) in [7, 11) is 0. The second-order valence-electron chi connectivity index (χ2n) is 6.80. The Bertz CT molecular complexity index is 363. The van der Waals surface area contributed by atoms with Gasteiger partial charge in [0.1, 0.15) is 0 Å². The highest BCUT2D eigenvalue weighted by Gasteiger charge is 2.25. The van der Waals surface area contributed by atoms with Crippen LogP contribution in [0.25, 0.3) is 0 Å². The molecule has 0 fully saturated rings. The van der Waals surface area contributed by atoms with Gasteiger partial charge in [-0.15, -0.1) is 0 Å². The topological polar surface area (TPSA) is 74.6 Å². The number of hydrogen-bond donors (Lipinski definition) is 2. The highest BCUT2D eigenvalue weighted by molar-refractivity contribution is 5.78. The summed E-state index contributed by atoms with van der Waals surface area (Å²) in [5, 5.41) is 17.9. The summed E-state index contributed by atoms with van der Waals surface area (Å²) >= 11 is 0. The minimum atomic E-state index is -1.06. The Morgan fingerprint density at radius 1 is 0.875 bits per heavy atom. The SMILES string of the molecule is CCCCCCCCCCCC/C=C/C(C)C(CC(=O)O)C(=O)O. The molecule has 0 aliphatic heterocycles. The van der Waals surface area contributed by atoms with Crippen molar-refractivity contribution in [2.45, 2.75) is 90.9 Å². The Balaban J connectivity index is 3.66. The van der Waals surface area contributed by atoms with Gasteiger partial charge >= 0.3 is 11.9 Å². The van der Waals surface area contributed by atoms with E-state index in [-0.39, 0.29) is 12.3 Å². The van der Waals surface area contributed by atoms with E-state index in [9.17, 15) is 9.59 Å². The molecule has 0 radical (unpaired) electrons. The Kier molecular flexibility index (Phi) is 14.4. The normalized spacial score (nSPS) is 13.9. The molecule has 0 spiro atoms. The number of rotatable bonds is 16. The number of aliphatic carboxylic acids is 2. The zero-order chi connectivity index (χ0) is 18.2. The molecule has 0 bridgehead atoms. The van der Waals surface area contributed by atoms with Crippen molar-refractivity contribution < 1.29 is 19.8 Å². The first-order valence-electron chi connectivity index (χ1n) is 9.60. The van der Waals surface area contributed by atoms with Crippen LogP contribution in [0.1, 0.15) is 90.9 Å². The van der Waals surface area contributed by atoms with E-state index in [1.807, 2.05) is 12.2 Å². The van der Waals surface area contributed by atoms with Crippen LogP contribution >= 0.6 is 0 Å². The highest BCUT2D eigenvalue weighted by atomic mass is 16.4. The molecule has 0 aliphatic carbocycles. The second kappa shape index (κ2) is 15.2. The van der Waals surface area contributed by atoms with Crippen LogP contribution in [-0.4, -0.2) is 22.2 Å². The molecular weight excluding hydrogens is 304 g/mol. The van der Waals surface area contributed by atoms with Gasteiger partial charge in [-0.3, -0.25) is 9.59 Å². The molecule has 4 nitrogen and oxygen atoms in total. The van der Waals surface area contributed by atoms with Crippen molar-refractivity contribution in [2.75, 3.05) is 0 Å². The lowest BCUT2D eigenvalue weighted by atomic mass is 9.90. The van der Waals surface area contributed by atoms with Crippen molar-refractivity contribution in [3.8, 4) is 0 Å². The van der Waals surface area contributed by atoms with Gasteiger partial charge in [-0.2, -0.15) is 0 Å². The minimum absolute atomic E-state index is 0.248. The predicted molar refractivity (Wildman–Crippen MR) is 98.1 cm³/mol. The number of carboxylic acid groups (broad SMARTS) is 2. The van der Waals surface area contributed by atoms with Crippen LogP contribution < -0.4 is 0 Å². The summed E-state index contributed by atoms with van der Waals surface area (Å²) in [5.41, 5.74) is 0. The maximum absolute atomic E-state index is 11.1. The lowest BCUT2D eigenvalue weighted by Crippen LogP contribution is -2.23. The summed E-state index contributed by atoms with van der Waals surface area (Å²) in [6, 6.07) is 0. The third-order valence-electron chi connectivity index (χ3n) is 4.51. The molecule has 2 atom stereocenters. The standard InChI is InChI=1S/C20H36O4/c1-3-4-5-6-7-8-9-10-11-12-13-14-15-17(2)18(20(23)24)16-19(21)22/h14-15,17-18H,3-13,16H2,1-2H3,(H,21,22)(H,23,24)/b15-14+. The first-order chi connectivity index (χ1) is 11.5. The summed E-state index contributed by atoms with van der Waals surface area (Å²) < 4.78 is 0. The van der Waals surface area contributed by atoms with Gasteiger partial charge < -0.3 is 10.2 Å². The lowest BCUT2D eigenvalue weighted by Gasteiger charge is -2.14. The molecule has 0 aromatic rings. The Hall–Kier alpha value is -1.32. The number of allylic oxidation sites excluding steroid dienone is 2. The number of carbonyl (C=O) groups is 2. The van der Waals surface area contributed by atoms with Crippen molar-refractivity contribution in [1.82, 2.24) is 0 Å². The molecule has 2 unspecified atom stereocenters. The zero-order valence-corrected chi connectivity index (χ0v) is 15.5. The van der Waals surface area contributed by atoms with E-state index in [4.69, 9.17) is 10.2 Å². The average Bonchev–Trinajstić information content (AvgIpc) is 2.53. The molecule has 140 valence electrons. The van der Waals surface area contributed by atoms with E-state index in [1.165, 1.54) is 57.8 Å². The maximum Gasteiger partial charge on any atom is 0.307 e. The van der Waals surface area contributed by atoms with Crippen molar-refractivity contribution in [3.63, 3.8) is 0 Å². The lowest BCUT2D eigenvalue weighted by molar-refractivity contribution is -0.149. The fraction of sp³-hybridized carbons (Fsp3) is 0.800. The quantitative estimate of drug-likeness (QED) is 0.280. The maximum atomic E-state index is 11.1. The fourth-order valence-electron chi connectivity index (χ4n) is 2.88. The molecule has 0 aromatic carbocycles. The van der Waals surface area contributed by atoms with Crippen molar-refractivity contribution >= 4 is 11.9 Å². The van der Waals surface area contributed by atoms with Gasteiger partial charge in [0.2, 0.25) is 0 Å². The molecule has 0 saturated carbocycles. The summed E-state index contributed by atoms with van der Waals surface area (Å²) in [6.45, 7) is 4.01. The van der Waals surface area contributed by atoms with E-state index in [0.29, 0.717) is 0 Å². The van der Waals surface area contributed by atoms with Gasteiger partial charge in [0.25, 0.3) is 0 Å². The molecule has 0 aromatic heterocycles. The monoisotopic (exact) mass is 340 g/mol. The second-order valence-corrected chi connectivity index (χ2v) is 6.80. The van der Waals surface area contributed by atoms with Gasteiger partial charge in [-0.25, -0.2) is 0 Å². The van der Waals surface area contributed by atoms with Crippen LogP contribution in [0.4, 0.5) is 0 Å². The summed E-state index contributed by atoms with van der Waals surface area (Å²) in [6.07, 6.45) is 17.5. The number of hydrogen-bond acceptors (Lipinski definition) is 2. The highest BCUT2D eigenvalue weighted by Crippen LogP contribution is 2.18. The minimum Gasteiger partial charge on any atom is -0.481 e. The molecule has 0 aliphatic rings. The molecule has 2 N–H and O–H groups in total. The number of unbranched alkanes of at least 4 members (excludes halogenated alkanes) is 10. The van der Waals surface area contributed by atoms with Gasteiger partial charge in [-0.05, 0) is 18.8 Å². The molecule has 0 saturated heterocycles. The smallest absolute Gasteiger partial charge is 0.307 e. The Labute approximate surface area is 147 Å². The first kappa shape index (κ1) is 22.7. The third-order valence-corrected chi connectivity index (χ3v) is 4.51. The molecule has 4 heteroatoms. The molecule has 0 amide bonds.